The maximum atomic E-state index is 3.83. The Bertz CT molecular complexity index is 231. The quantitative estimate of drug-likeness (QED) is 0.684. The standard InChI is InChI=1S/C15H28N2/c1-2-4-7-12(6-3-1)13-9-11-16-14-8-5-10-17-15(13)14/h12-17H,1-11H2/t13?,14-,15-/m1/s1. The molecule has 2 heteroatoms. The van der Waals surface area contributed by atoms with Crippen LogP contribution in [0.3, 0.4) is 0 Å². The van der Waals surface area contributed by atoms with Crippen LogP contribution < -0.4 is 10.6 Å². The van der Waals surface area contributed by atoms with Crippen molar-refractivity contribution in [1.82, 2.24) is 10.6 Å². The first kappa shape index (κ1) is 12.0. The zero-order valence-corrected chi connectivity index (χ0v) is 11.1. The van der Waals surface area contributed by atoms with Gasteiger partial charge in [-0.25, -0.2) is 0 Å². The Hall–Kier alpha value is -0.0800. The van der Waals surface area contributed by atoms with Crippen LogP contribution in [0.5, 0.6) is 0 Å². The van der Waals surface area contributed by atoms with Crippen LogP contribution in [-0.2, 0) is 0 Å². The maximum Gasteiger partial charge on any atom is 0.0252 e. The van der Waals surface area contributed by atoms with Crippen molar-refractivity contribution in [3.63, 3.8) is 0 Å². The van der Waals surface area contributed by atoms with Gasteiger partial charge >= 0.3 is 0 Å². The van der Waals surface area contributed by atoms with Gasteiger partial charge in [-0.05, 0) is 44.2 Å². The average Bonchev–Trinajstić information content (AvgIpc) is 2.67. The third-order valence-corrected chi connectivity index (χ3v) is 5.36. The van der Waals surface area contributed by atoms with Gasteiger partial charge in [0, 0.05) is 12.1 Å². The summed E-state index contributed by atoms with van der Waals surface area (Å²) >= 11 is 0. The maximum absolute atomic E-state index is 3.83. The molecule has 1 aliphatic carbocycles. The smallest absolute Gasteiger partial charge is 0.0252 e. The van der Waals surface area contributed by atoms with Crippen LogP contribution in [0.15, 0.2) is 0 Å². The van der Waals surface area contributed by atoms with E-state index in [2.05, 4.69) is 10.6 Å². The molecule has 0 aromatic carbocycles. The predicted molar refractivity (Wildman–Crippen MR) is 72.1 cm³/mol. The van der Waals surface area contributed by atoms with Gasteiger partial charge in [0.25, 0.3) is 0 Å². The molecular formula is C15H28N2. The Morgan fingerprint density at radius 2 is 1.47 bits per heavy atom. The molecule has 1 unspecified atom stereocenters. The third kappa shape index (κ3) is 2.68. The van der Waals surface area contributed by atoms with Crippen molar-refractivity contribution in [2.45, 2.75) is 69.9 Å². The summed E-state index contributed by atoms with van der Waals surface area (Å²) in [6.45, 7) is 2.52. The van der Waals surface area contributed by atoms with Gasteiger partial charge in [-0.3, -0.25) is 0 Å². The minimum Gasteiger partial charge on any atom is -0.312 e. The fourth-order valence-electron chi connectivity index (χ4n) is 4.47. The second kappa shape index (κ2) is 5.71. The fourth-order valence-corrected chi connectivity index (χ4v) is 4.47. The Labute approximate surface area is 106 Å². The summed E-state index contributed by atoms with van der Waals surface area (Å²) in [5.74, 6) is 2.00. The van der Waals surface area contributed by atoms with Crippen LogP contribution >= 0.6 is 0 Å². The van der Waals surface area contributed by atoms with Crippen LogP contribution in [0.4, 0.5) is 0 Å². The largest absolute Gasteiger partial charge is 0.312 e. The summed E-state index contributed by atoms with van der Waals surface area (Å²) in [5, 5.41) is 7.57. The molecule has 0 spiro atoms. The molecule has 3 atom stereocenters. The molecule has 3 rings (SSSR count). The Morgan fingerprint density at radius 3 is 2.29 bits per heavy atom. The van der Waals surface area contributed by atoms with Crippen molar-refractivity contribution in [3.8, 4) is 0 Å². The van der Waals surface area contributed by atoms with E-state index in [4.69, 9.17) is 0 Å². The molecule has 0 amide bonds. The number of rotatable bonds is 1. The van der Waals surface area contributed by atoms with E-state index in [1.165, 1.54) is 70.9 Å². The molecule has 3 aliphatic rings. The lowest BCUT2D eigenvalue weighted by molar-refractivity contribution is 0.122. The highest BCUT2D eigenvalue weighted by Gasteiger charge is 2.38. The second-order valence-electron chi connectivity index (χ2n) is 6.39. The predicted octanol–water partition coefficient (Wildman–Crippen LogP) is 2.69. The first-order chi connectivity index (χ1) is 8.45. The molecule has 98 valence electrons. The van der Waals surface area contributed by atoms with Crippen molar-refractivity contribution in [1.29, 1.82) is 0 Å². The van der Waals surface area contributed by atoms with Crippen LogP contribution in [-0.4, -0.2) is 25.2 Å². The van der Waals surface area contributed by atoms with Crippen LogP contribution in [0, 0.1) is 11.8 Å². The monoisotopic (exact) mass is 236 g/mol. The van der Waals surface area contributed by atoms with Gasteiger partial charge in [0.05, 0.1) is 0 Å². The van der Waals surface area contributed by atoms with E-state index in [9.17, 15) is 0 Å². The lowest BCUT2D eigenvalue weighted by Crippen LogP contribution is -2.60. The number of hydrogen-bond acceptors (Lipinski definition) is 2. The molecule has 0 bridgehead atoms. The molecular weight excluding hydrogens is 208 g/mol. The van der Waals surface area contributed by atoms with Crippen LogP contribution in [0.2, 0.25) is 0 Å². The number of fused-ring (bicyclic) bond motifs is 1. The van der Waals surface area contributed by atoms with Gasteiger partial charge in [0.2, 0.25) is 0 Å². The highest BCUT2D eigenvalue weighted by Crippen LogP contribution is 2.36. The highest BCUT2D eigenvalue weighted by atomic mass is 15.1. The molecule has 17 heavy (non-hydrogen) atoms. The molecule has 2 aliphatic heterocycles. The summed E-state index contributed by atoms with van der Waals surface area (Å²) in [6, 6.07) is 1.58. The molecule has 0 radical (unpaired) electrons. The molecule has 2 heterocycles. The molecule has 3 fully saturated rings. The average molecular weight is 236 g/mol. The van der Waals surface area contributed by atoms with Crippen molar-refractivity contribution in [3.05, 3.63) is 0 Å². The summed E-state index contributed by atoms with van der Waals surface area (Å²) in [7, 11) is 0. The van der Waals surface area contributed by atoms with E-state index in [1.807, 2.05) is 0 Å². The van der Waals surface area contributed by atoms with E-state index in [0.29, 0.717) is 0 Å². The van der Waals surface area contributed by atoms with Gasteiger partial charge in [-0.2, -0.15) is 0 Å². The lowest BCUT2D eigenvalue weighted by atomic mass is 9.73. The minimum atomic E-state index is 0.783. The van der Waals surface area contributed by atoms with E-state index in [0.717, 1.165) is 23.9 Å². The van der Waals surface area contributed by atoms with E-state index >= 15 is 0 Å². The van der Waals surface area contributed by atoms with Gasteiger partial charge in [-0.1, -0.05) is 38.5 Å². The normalized spacial score (nSPS) is 40.6. The first-order valence-corrected chi connectivity index (χ1v) is 7.92. The number of hydrogen-bond donors (Lipinski definition) is 2. The Morgan fingerprint density at radius 1 is 0.647 bits per heavy atom. The summed E-state index contributed by atoms with van der Waals surface area (Å²) in [6.07, 6.45) is 13.2. The topological polar surface area (TPSA) is 24.1 Å². The van der Waals surface area contributed by atoms with Crippen LogP contribution in [0.25, 0.3) is 0 Å². The SMILES string of the molecule is C1CCCC(C2CCN[C@@H]3CCCN[C@H]23)CC1. The van der Waals surface area contributed by atoms with Gasteiger partial charge < -0.3 is 10.6 Å². The van der Waals surface area contributed by atoms with E-state index < -0.39 is 0 Å². The highest BCUT2D eigenvalue weighted by molar-refractivity contribution is 4.97. The molecule has 0 aromatic heterocycles. The zero-order valence-electron chi connectivity index (χ0n) is 11.1. The Kier molecular flexibility index (Phi) is 4.02. The van der Waals surface area contributed by atoms with E-state index in [-0.39, 0.29) is 0 Å². The Balaban J connectivity index is 1.66. The molecule has 2 nitrogen and oxygen atoms in total. The second-order valence-corrected chi connectivity index (χ2v) is 6.39. The summed E-state index contributed by atoms with van der Waals surface area (Å²) in [5.41, 5.74) is 0. The summed E-state index contributed by atoms with van der Waals surface area (Å²) < 4.78 is 0. The van der Waals surface area contributed by atoms with Crippen molar-refractivity contribution in [2.75, 3.05) is 13.1 Å². The zero-order chi connectivity index (χ0) is 11.5. The van der Waals surface area contributed by atoms with Crippen LogP contribution in [0.1, 0.15) is 57.8 Å². The molecule has 1 saturated carbocycles. The van der Waals surface area contributed by atoms with Crippen molar-refractivity contribution in [2.24, 2.45) is 11.8 Å². The third-order valence-electron chi connectivity index (χ3n) is 5.36. The van der Waals surface area contributed by atoms with Gasteiger partial charge in [0.15, 0.2) is 0 Å². The fraction of sp³-hybridized carbons (Fsp3) is 1.00. The van der Waals surface area contributed by atoms with Crippen molar-refractivity contribution >= 4 is 0 Å². The number of nitrogens with one attached hydrogen (secondary N) is 2. The van der Waals surface area contributed by atoms with Gasteiger partial charge in [0.1, 0.15) is 0 Å². The molecule has 0 aromatic rings. The first-order valence-electron chi connectivity index (χ1n) is 7.92. The molecule has 2 saturated heterocycles. The lowest BCUT2D eigenvalue weighted by Gasteiger charge is -2.45. The van der Waals surface area contributed by atoms with E-state index in [1.54, 1.807) is 0 Å². The molecule has 2 N–H and O–H groups in total. The summed E-state index contributed by atoms with van der Waals surface area (Å²) in [4.78, 5) is 0. The van der Waals surface area contributed by atoms with Crippen molar-refractivity contribution < 1.29 is 0 Å². The minimum absolute atomic E-state index is 0.783. The number of piperidine rings is 2. The van der Waals surface area contributed by atoms with Gasteiger partial charge in [-0.15, -0.1) is 0 Å².